The Morgan fingerprint density at radius 3 is 2.19 bits per heavy atom. The minimum atomic E-state index is -4.26. The second-order valence-electron chi connectivity index (χ2n) is 10.3. The Kier molecular flexibility index (Phi) is 11.4. The molecule has 3 rings (SSSR count). The van der Waals surface area contributed by atoms with Gasteiger partial charge in [0.1, 0.15) is 12.6 Å². The third-order valence-corrected chi connectivity index (χ3v) is 8.90. The van der Waals surface area contributed by atoms with E-state index in [-0.39, 0.29) is 29.0 Å². The third kappa shape index (κ3) is 8.25. The largest absolute Gasteiger partial charge is 0.493 e. The van der Waals surface area contributed by atoms with Crippen LogP contribution in [0, 0.1) is 12.8 Å². The van der Waals surface area contributed by atoms with Crippen molar-refractivity contribution in [1.82, 2.24) is 10.2 Å². The number of nitrogens with one attached hydrogen (secondary N) is 1. The molecule has 0 aromatic heterocycles. The highest BCUT2D eigenvalue weighted by atomic mass is 79.9. The number of amides is 2. The van der Waals surface area contributed by atoms with E-state index in [0.717, 1.165) is 19.9 Å². The van der Waals surface area contributed by atoms with E-state index in [4.69, 9.17) is 9.47 Å². The molecule has 0 heterocycles. The van der Waals surface area contributed by atoms with Crippen LogP contribution in [0.15, 0.2) is 76.1 Å². The summed E-state index contributed by atoms with van der Waals surface area (Å²) in [5.41, 5.74) is 2.02. The molecule has 0 aliphatic carbocycles. The summed E-state index contributed by atoms with van der Waals surface area (Å²) < 4.78 is 40.7. The second kappa shape index (κ2) is 14.6. The van der Waals surface area contributed by atoms with Crippen molar-refractivity contribution in [2.75, 3.05) is 31.6 Å². The molecule has 11 heteroatoms. The van der Waals surface area contributed by atoms with Crippen LogP contribution in [0.5, 0.6) is 11.5 Å². The van der Waals surface area contributed by atoms with Crippen molar-refractivity contribution >= 4 is 43.5 Å². The Bertz CT molecular complexity index is 1490. The highest BCUT2D eigenvalue weighted by Crippen LogP contribution is 2.32. The number of carbonyl (C=O) groups is 2. The fourth-order valence-corrected chi connectivity index (χ4v) is 6.09. The van der Waals surface area contributed by atoms with E-state index in [1.165, 1.54) is 37.3 Å². The van der Waals surface area contributed by atoms with E-state index < -0.39 is 28.5 Å². The molecule has 0 unspecified atom stereocenters. The van der Waals surface area contributed by atoms with Gasteiger partial charge in [0, 0.05) is 23.6 Å². The minimum Gasteiger partial charge on any atom is -0.493 e. The van der Waals surface area contributed by atoms with Crippen LogP contribution in [-0.2, 0) is 26.2 Å². The van der Waals surface area contributed by atoms with Gasteiger partial charge in [0.05, 0.1) is 24.8 Å². The summed E-state index contributed by atoms with van der Waals surface area (Å²) in [6, 6.07) is 17.7. The van der Waals surface area contributed by atoms with Crippen molar-refractivity contribution in [1.29, 1.82) is 0 Å². The van der Waals surface area contributed by atoms with Gasteiger partial charge in [-0.1, -0.05) is 59.6 Å². The fourth-order valence-electron chi connectivity index (χ4n) is 4.21. The lowest BCUT2D eigenvalue weighted by atomic mass is 10.1. The molecule has 3 aromatic carbocycles. The van der Waals surface area contributed by atoms with Crippen molar-refractivity contribution in [3.63, 3.8) is 0 Å². The lowest BCUT2D eigenvalue weighted by Gasteiger charge is -2.32. The SMILES string of the molecule is COc1ccc(S(=O)(=O)N(CC(=O)N(Cc2cccc(Br)c2)[C@H](C)C(=O)NCC(C)C)c2ccc(C)cc2)cc1OC. The Morgan fingerprint density at radius 1 is 0.929 bits per heavy atom. The predicted octanol–water partition coefficient (Wildman–Crippen LogP) is 5.16. The average Bonchev–Trinajstić information content (AvgIpc) is 2.97. The van der Waals surface area contributed by atoms with Gasteiger partial charge >= 0.3 is 0 Å². The molecule has 1 atom stereocenters. The molecule has 0 bridgehead atoms. The number of aryl methyl sites for hydroxylation is 1. The molecule has 42 heavy (non-hydrogen) atoms. The highest BCUT2D eigenvalue weighted by molar-refractivity contribution is 9.10. The molecule has 3 aromatic rings. The van der Waals surface area contributed by atoms with Crippen LogP contribution in [0.2, 0.25) is 0 Å². The first-order valence-electron chi connectivity index (χ1n) is 13.5. The monoisotopic (exact) mass is 659 g/mol. The molecule has 1 N–H and O–H groups in total. The summed E-state index contributed by atoms with van der Waals surface area (Å²) in [5, 5.41) is 2.89. The molecular formula is C31H38BrN3O6S. The van der Waals surface area contributed by atoms with Crippen molar-refractivity contribution < 1.29 is 27.5 Å². The molecule has 226 valence electrons. The zero-order chi connectivity index (χ0) is 31.0. The smallest absolute Gasteiger partial charge is 0.264 e. The van der Waals surface area contributed by atoms with Crippen LogP contribution in [0.4, 0.5) is 5.69 Å². The molecule has 0 radical (unpaired) electrons. The lowest BCUT2D eigenvalue weighted by Crippen LogP contribution is -2.51. The number of methoxy groups -OCH3 is 2. The van der Waals surface area contributed by atoms with Gasteiger partial charge < -0.3 is 19.7 Å². The second-order valence-corrected chi connectivity index (χ2v) is 13.1. The van der Waals surface area contributed by atoms with Crippen LogP contribution in [0.25, 0.3) is 0 Å². The van der Waals surface area contributed by atoms with Gasteiger partial charge in [-0.3, -0.25) is 13.9 Å². The maximum atomic E-state index is 14.1. The van der Waals surface area contributed by atoms with Crippen molar-refractivity contribution in [2.45, 2.75) is 45.2 Å². The summed E-state index contributed by atoms with van der Waals surface area (Å²) in [5.74, 6) is -0.0288. The van der Waals surface area contributed by atoms with Gasteiger partial charge in [0.2, 0.25) is 11.8 Å². The first-order valence-corrected chi connectivity index (χ1v) is 15.7. The van der Waals surface area contributed by atoms with E-state index in [0.29, 0.717) is 18.0 Å². The Balaban J connectivity index is 2.05. The van der Waals surface area contributed by atoms with Crippen molar-refractivity contribution in [3.05, 3.63) is 82.3 Å². The van der Waals surface area contributed by atoms with E-state index in [2.05, 4.69) is 21.2 Å². The normalized spacial score (nSPS) is 12.0. The maximum Gasteiger partial charge on any atom is 0.264 e. The van der Waals surface area contributed by atoms with Crippen LogP contribution >= 0.6 is 15.9 Å². The van der Waals surface area contributed by atoms with Gasteiger partial charge in [-0.25, -0.2) is 8.42 Å². The number of hydrogen-bond donors (Lipinski definition) is 1. The van der Waals surface area contributed by atoms with Gasteiger partial charge in [-0.05, 0) is 61.7 Å². The summed E-state index contributed by atoms with van der Waals surface area (Å²) in [4.78, 5) is 28.5. The van der Waals surface area contributed by atoms with Crippen LogP contribution in [0.3, 0.4) is 0 Å². The number of sulfonamides is 1. The minimum absolute atomic E-state index is 0.0743. The predicted molar refractivity (Wildman–Crippen MR) is 167 cm³/mol. The topological polar surface area (TPSA) is 105 Å². The molecule has 9 nitrogen and oxygen atoms in total. The standard InChI is InChI=1S/C31H38BrN3O6S/c1-21(2)18-33-31(37)23(4)34(19-24-8-7-9-25(32)16-24)30(36)20-35(26-12-10-22(3)11-13-26)42(38,39)27-14-15-28(40-5)29(17-27)41-6/h7-17,21,23H,18-20H2,1-6H3,(H,33,37)/t23-/m1/s1. The van der Waals surface area contributed by atoms with Crippen molar-refractivity contribution in [2.24, 2.45) is 5.92 Å². The molecular weight excluding hydrogens is 622 g/mol. The lowest BCUT2D eigenvalue weighted by molar-refractivity contribution is -0.139. The first-order chi connectivity index (χ1) is 19.9. The third-order valence-electron chi connectivity index (χ3n) is 6.64. The molecule has 0 spiro atoms. The summed E-state index contributed by atoms with van der Waals surface area (Å²) in [6.07, 6.45) is 0. The van der Waals surface area contributed by atoms with E-state index in [1.807, 2.05) is 45.0 Å². The molecule has 0 aliphatic heterocycles. The molecule has 2 amide bonds. The Labute approximate surface area is 257 Å². The Morgan fingerprint density at radius 2 is 1.60 bits per heavy atom. The van der Waals surface area contributed by atoms with E-state index >= 15 is 0 Å². The molecule has 0 saturated heterocycles. The average molecular weight is 661 g/mol. The number of carbonyl (C=O) groups excluding carboxylic acids is 2. The van der Waals surface area contributed by atoms with Gasteiger partial charge in [0.15, 0.2) is 11.5 Å². The zero-order valence-electron chi connectivity index (χ0n) is 24.8. The quantitative estimate of drug-likeness (QED) is 0.272. The molecule has 0 aliphatic rings. The fraction of sp³-hybridized carbons (Fsp3) is 0.355. The van der Waals surface area contributed by atoms with E-state index in [9.17, 15) is 18.0 Å². The van der Waals surface area contributed by atoms with Gasteiger partial charge in [0.25, 0.3) is 10.0 Å². The van der Waals surface area contributed by atoms with Gasteiger partial charge in [-0.2, -0.15) is 0 Å². The summed E-state index contributed by atoms with van der Waals surface area (Å²) in [6.45, 7) is 7.51. The van der Waals surface area contributed by atoms with Crippen LogP contribution in [0.1, 0.15) is 31.9 Å². The first kappa shape index (κ1) is 32.9. The Hall–Kier alpha value is -3.57. The number of hydrogen-bond acceptors (Lipinski definition) is 6. The van der Waals surface area contributed by atoms with E-state index in [1.54, 1.807) is 31.2 Å². The number of benzene rings is 3. The number of nitrogens with zero attached hydrogens (tertiary/aromatic N) is 2. The number of halogens is 1. The van der Waals surface area contributed by atoms with Crippen LogP contribution < -0.4 is 19.1 Å². The summed E-state index contributed by atoms with van der Waals surface area (Å²) >= 11 is 3.46. The molecule has 0 saturated carbocycles. The number of rotatable bonds is 13. The van der Waals surface area contributed by atoms with Crippen LogP contribution in [-0.4, -0.2) is 58.5 Å². The highest BCUT2D eigenvalue weighted by Gasteiger charge is 2.33. The molecule has 0 fully saturated rings. The number of ether oxygens (including phenoxy) is 2. The number of anilines is 1. The zero-order valence-corrected chi connectivity index (χ0v) is 27.2. The van der Waals surface area contributed by atoms with Crippen molar-refractivity contribution in [3.8, 4) is 11.5 Å². The summed E-state index contributed by atoms with van der Waals surface area (Å²) in [7, 11) is -1.38. The maximum absolute atomic E-state index is 14.1. The van der Waals surface area contributed by atoms with Gasteiger partial charge in [-0.15, -0.1) is 0 Å².